The molecule has 1 aromatic heterocycles. The Morgan fingerprint density at radius 1 is 1.15 bits per heavy atom. The van der Waals surface area contributed by atoms with Gasteiger partial charge in [-0.1, -0.05) is 30.3 Å². The second-order valence-corrected chi connectivity index (χ2v) is 5.60. The molecule has 0 saturated heterocycles. The summed E-state index contributed by atoms with van der Waals surface area (Å²) in [7, 11) is -4.25. The van der Waals surface area contributed by atoms with E-state index in [0.29, 0.717) is 13.0 Å². The van der Waals surface area contributed by atoms with Crippen LogP contribution in [0.15, 0.2) is 53.1 Å². The Morgan fingerprint density at radius 2 is 1.85 bits per heavy atom. The van der Waals surface area contributed by atoms with Gasteiger partial charge in [-0.05, 0) is 24.1 Å². The molecule has 0 saturated carbocycles. The average Bonchev–Trinajstić information content (AvgIpc) is 2.88. The summed E-state index contributed by atoms with van der Waals surface area (Å²) in [6, 6.07) is 12.7. The molecule has 2 rings (SSSR count). The third kappa shape index (κ3) is 5.42. The van der Waals surface area contributed by atoms with E-state index in [9.17, 15) is 13.0 Å². The Kier molecular flexibility index (Phi) is 7.63. The van der Waals surface area contributed by atoms with E-state index >= 15 is 0 Å². The molecule has 104 valence electrons. The summed E-state index contributed by atoms with van der Waals surface area (Å²) in [5.41, 5.74) is 1.09. The third-order valence-corrected chi connectivity index (χ3v) is 3.68. The van der Waals surface area contributed by atoms with Gasteiger partial charge < -0.3 is 4.42 Å². The first kappa shape index (κ1) is 18.1. The molecule has 0 amide bonds. The number of rotatable bonds is 6. The molecule has 1 heterocycles. The summed E-state index contributed by atoms with van der Waals surface area (Å²) in [5.74, 6) is 0.176. The first-order valence-corrected chi connectivity index (χ1v) is 7.35. The van der Waals surface area contributed by atoms with Crippen LogP contribution in [0, 0.1) is 0 Å². The fourth-order valence-electron chi connectivity index (χ4n) is 1.79. The SMILES string of the molecule is O=S(=O)(O)C(NCCc1ccccc1)c1ccco1.[KH]. The summed E-state index contributed by atoms with van der Waals surface area (Å²) in [6.07, 6.45) is 2.03. The van der Waals surface area contributed by atoms with Crippen LogP contribution in [0.4, 0.5) is 0 Å². The molecule has 0 aliphatic heterocycles. The quantitative estimate of drug-likeness (QED) is 0.620. The zero-order valence-corrected chi connectivity index (χ0v) is 11.0. The van der Waals surface area contributed by atoms with Gasteiger partial charge in [0.05, 0.1) is 6.26 Å². The molecule has 1 atom stereocenters. The molecule has 0 radical (unpaired) electrons. The number of nitrogens with one attached hydrogen (secondary N) is 1. The van der Waals surface area contributed by atoms with Crippen molar-refractivity contribution in [3.8, 4) is 0 Å². The summed E-state index contributed by atoms with van der Waals surface area (Å²) < 4.78 is 36.8. The van der Waals surface area contributed by atoms with E-state index in [4.69, 9.17) is 4.42 Å². The third-order valence-electron chi connectivity index (χ3n) is 2.69. The molecule has 1 unspecified atom stereocenters. The van der Waals surface area contributed by atoms with Crippen LogP contribution in [-0.2, 0) is 16.5 Å². The van der Waals surface area contributed by atoms with Crippen molar-refractivity contribution in [2.45, 2.75) is 11.8 Å². The Hall–Kier alpha value is 0.00636. The maximum atomic E-state index is 11.3. The van der Waals surface area contributed by atoms with E-state index < -0.39 is 15.5 Å². The van der Waals surface area contributed by atoms with Crippen molar-refractivity contribution in [2.75, 3.05) is 6.54 Å². The molecular formula is C13H16KNO4S. The molecule has 20 heavy (non-hydrogen) atoms. The van der Waals surface area contributed by atoms with Crippen LogP contribution in [0.25, 0.3) is 0 Å². The predicted octanol–water partition coefficient (Wildman–Crippen LogP) is 1.35. The zero-order chi connectivity index (χ0) is 13.7. The Balaban J connectivity index is 0.00000200. The molecule has 7 heteroatoms. The standard InChI is InChI=1S/C13H15NO4S.K.H/c15-19(16,17)13(12-7-4-10-18-12)14-9-8-11-5-2-1-3-6-11;;/h1-7,10,13-14H,8-9H2,(H,15,16,17);;. The van der Waals surface area contributed by atoms with E-state index in [-0.39, 0.29) is 57.1 Å². The van der Waals surface area contributed by atoms with Gasteiger partial charge in [0, 0.05) is 6.54 Å². The van der Waals surface area contributed by atoms with Crippen molar-refractivity contribution in [1.82, 2.24) is 5.32 Å². The van der Waals surface area contributed by atoms with Gasteiger partial charge in [0.2, 0.25) is 0 Å². The summed E-state index contributed by atoms with van der Waals surface area (Å²) in [5, 5.41) is 1.55. The van der Waals surface area contributed by atoms with Crippen LogP contribution >= 0.6 is 0 Å². The van der Waals surface area contributed by atoms with E-state index in [1.807, 2.05) is 30.3 Å². The predicted molar refractivity (Wildman–Crippen MR) is 78.3 cm³/mol. The summed E-state index contributed by atoms with van der Waals surface area (Å²) in [4.78, 5) is 0. The molecule has 2 aromatic rings. The van der Waals surface area contributed by atoms with Crippen molar-refractivity contribution in [3.63, 3.8) is 0 Å². The van der Waals surface area contributed by atoms with Crippen LogP contribution in [0.5, 0.6) is 0 Å². The second kappa shape index (κ2) is 8.45. The van der Waals surface area contributed by atoms with Gasteiger partial charge in [0.1, 0.15) is 5.76 Å². The van der Waals surface area contributed by atoms with Crippen LogP contribution in [-0.4, -0.2) is 70.9 Å². The normalized spacial score (nSPS) is 12.7. The van der Waals surface area contributed by atoms with Crippen molar-refractivity contribution in [2.24, 2.45) is 0 Å². The molecule has 0 fully saturated rings. The molecule has 0 bridgehead atoms. The van der Waals surface area contributed by atoms with Crippen molar-refractivity contribution >= 4 is 61.5 Å². The van der Waals surface area contributed by atoms with E-state index in [0.717, 1.165) is 5.56 Å². The average molecular weight is 321 g/mol. The number of furan rings is 1. The van der Waals surface area contributed by atoms with Gasteiger partial charge in [-0.15, -0.1) is 0 Å². The molecule has 0 aliphatic carbocycles. The minimum absolute atomic E-state index is 0. The maximum absolute atomic E-state index is 11.3. The van der Waals surface area contributed by atoms with Gasteiger partial charge in [-0.3, -0.25) is 9.87 Å². The molecule has 1 aromatic carbocycles. The van der Waals surface area contributed by atoms with Crippen molar-refractivity contribution in [3.05, 3.63) is 60.1 Å². The second-order valence-electron chi connectivity index (χ2n) is 4.10. The summed E-state index contributed by atoms with van der Waals surface area (Å²) in [6.45, 7) is 0.412. The first-order valence-electron chi connectivity index (χ1n) is 5.84. The van der Waals surface area contributed by atoms with Crippen LogP contribution in [0.2, 0.25) is 0 Å². The van der Waals surface area contributed by atoms with Crippen molar-refractivity contribution < 1.29 is 17.4 Å². The molecule has 2 N–H and O–H groups in total. The van der Waals surface area contributed by atoms with E-state index in [2.05, 4.69) is 5.32 Å². The zero-order valence-electron chi connectivity index (χ0n) is 10.2. The molecule has 0 spiro atoms. The monoisotopic (exact) mass is 321 g/mol. The van der Waals surface area contributed by atoms with Gasteiger partial charge in [-0.25, -0.2) is 0 Å². The van der Waals surface area contributed by atoms with Crippen LogP contribution < -0.4 is 5.32 Å². The van der Waals surface area contributed by atoms with Gasteiger partial charge >= 0.3 is 51.4 Å². The van der Waals surface area contributed by atoms with E-state index in [1.165, 1.54) is 12.3 Å². The van der Waals surface area contributed by atoms with Gasteiger partial charge in [0.25, 0.3) is 10.1 Å². The number of benzene rings is 1. The minimum atomic E-state index is -4.25. The molecule has 0 aliphatic rings. The van der Waals surface area contributed by atoms with Crippen molar-refractivity contribution in [1.29, 1.82) is 0 Å². The van der Waals surface area contributed by atoms with Crippen LogP contribution in [0.1, 0.15) is 16.7 Å². The molecule has 5 nitrogen and oxygen atoms in total. The van der Waals surface area contributed by atoms with Gasteiger partial charge in [-0.2, -0.15) is 8.42 Å². The fraction of sp³-hybridized carbons (Fsp3) is 0.231. The Bertz CT molecular complexity index is 599. The molecular weight excluding hydrogens is 305 g/mol. The number of hydrogen-bond acceptors (Lipinski definition) is 4. The number of hydrogen-bond donors (Lipinski definition) is 2. The summed E-state index contributed by atoms with van der Waals surface area (Å²) >= 11 is 0. The Labute approximate surface area is 160 Å². The van der Waals surface area contributed by atoms with Crippen LogP contribution in [0.3, 0.4) is 0 Å². The van der Waals surface area contributed by atoms with E-state index in [1.54, 1.807) is 6.07 Å². The Morgan fingerprint density at radius 3 is 2.40 bits per heavy atom. The fourth-order valence-corrected chi connectivity index (χ4v) is 2.54. The van der Waals surface area contributed by atoms with Gasteiger partial charge in [0.15, 0.2) is 5.37 Å². The first-order chi connectivity index (χ1) is 9.07. The topological polar surface area (TPSA) is 79.5 Å².